The van der Waals surface area contributed by atoms with Crippen LogP contribution in [0.3, 0.4) is 0 Å². The molecule has 0 unspecified atom stereocenters. The number of carbonyl (C=O) groups excluding carboxylic acids is 1. The van der Waals surface area contributed by atoms with Crippen LogP contribution in [0, 0.1) is 5.41 Å². The molecule has 0 aliphatic rings. The number of methoxy groups -OCH3 is 1. The lowest BCUT2D eigenvalue weighted by Crippen LogP contribution is -2.30. The Hall–Kier alpha value is -2.11. The molecule has 110 valence electrons. The van der Waals surface area contributed by atoms with Gasteiger partial charge in [0, 0.05) is 24.7 Å². The van der Waals surface area contributed by atoms with E-state index < -0.39 is 11.4 Å². The molecule has 1 heterocycles. The number of aromatic nitrogens is 1. The predicted octanol–water partition coefficient (Wildman–Crippen LogP) is 1.60. The van der Waals surface area contributed by atoms with E-state index in [0.717, 1.165) is 5.56 Å². The van der Waals surface area contributed by atoms with E-state index in [2.05, 4.69) is 10.3 Å². The minimum Gasteiger partial charge on any atom is -0.481 e. The van der Waals surface area contributed by atoms with Gasteiger partial charge in [0.05, 0.1) is 13.5 Å². The Kier molecular flexibility index (Phi) is 5.49. The summed E-state index contributed by atoms with van der Waals surface area (Å²) in [6, 6.07) is 3.58. The lowest BCUT2D eigenvalue weighted by molar-refractivity contribution is -0.139. The number of ether oxygens (including phenoxy) is 1. The molecule has 6 nitrogen and oxygen atoms in total. The van der Waals surface area contributed by atoms with Gasteiger partial charge in [-0.1, -0.05) is 19.9 Å². The van der Waals surface area contributed by atoms with Crippen LogP contribution in [0.4, 0.5) is 0 Å². The fourth-order valence-electron chi connectivity index (χ4n) is 1.91. The number of aliphatic carboxylic acids is 1. The lowest BCUT2D eigenvalue weighted by atomic mass is 9.85. The monoisotopic (exact) mass is 280 g/mol. The Labute approximate surface area is 118 Å². The molecule has 20 heavy (non-hydrogen) atoms. The number of carboxylic acids is 1. The summed E-state index contributed by atoms with van der Waals surface area (Å²) >= 11 is 0. The van der Waals surface area contributed by atoms with E-state index >= 15 is 0 Å². The molecule has 0 bridgehead atoms. The van der Waals surface area contributed by atoms with E-state index in [1.54, 1.807) is 26.1 Å². The molecule has 6 heteroatoms. The Balaban J connectivity index is 2.53. The summed E-state index contributed by atoms with van der Waals surface area (Å²) in [6.07, 6.45) is 1.72. The standard InChI is InChI=1S/C14H20N2O4/c1-14(2,8-12(18)19)7-11(17)16-9-10-5-4-6-15-13(10)20-3/h4-6H,7-9H2,1-3H3,(H,16,17)(H,18,19). The van der Waals surface area contributed by atoms with E-state index in [4.69, 9.17) is 9.84 Å². The zero-order valence-electron chi connectivity index (χ0n) is 12.0. The number of rotatable bonds is 7. The van der Waals surface area contributed by atoms with Crippen molar-refractivity contribution in [2.45, 2.75) is 33.2 Å². The Bertz CT molecular complexity index is 486. The molecule has 1 rings (SSSR count). The van der Waals surface area contributed by atoms with Crippen molar-refractivity contribution in [3.63, 3.8) is 0 Å². The molecule has 0 aliphatic carbocycles. The maximum absolute atomic E-state index is 11.8. The van der Waals surface area contributed by atoms with Crippen LogP contribution < -0.4 is 10.1 Å². The molecule has 0 aliphatic heterocycles. The topological polar surface area (TPSA) is 88.5 Å². The van der Waals surface area contributed by atoms with E-state index in [1.807, 2.05) is 6.07 Å². The minimum absolute atomic E-state index is 0.0450. The van der Waals surface area contributed by atoms with Gasteiger partial charge in [-0.05, 0) is 11.5 Å². The first-order valence-electron chi connectivity index (χ1n) is 6.30. The van der Waals surface area contributed by atoms with Crippen LogP contribution in [0.2, 0.25) is 0 Å². The zero-order chi connectivity index (χ0) is 15.2. The van der Waals surface area contributed by atoms with Gasteiger partial charge >= 0.3 is 5.97 Å². The van der Waals surface area contributed by atoms with E-state index in [9.17, 15) is 9.59 Å². The Morgan fingerprint density at radius 2 is 2.10 bits per heavy atom. The fraction of sp³-hybridized carbons (Fsp3) is 0.500. The van der Waals surface area contributed by atoms with Crippen molar-refractivity contribution in [1.29, 1.82) is 0 Å². The number of hydrogen-bond acceptors (Lipinski definition) is 4. The molecule has 0 saturated carbocycles. The second-order valence-electron chi connectivity index (χ2n) is 5.36. The van der Waals surface area contributed by atoms with Gasteiger partial charge in [-0.25, -0.2) is 4.98 Å². The third-order valence-corrected chi connectivity index (χ3v) is 2.79. The Morgan fingerprint density at radius 1 is 1.40 bits per heavy atom. The number of carboxylic acid groups (broad SMARTS) is 1. The quantitative estimate of drug-likeness (QED) is 0.792. The van der Waals surface area contributed by atoms with Crippen LogP contribution in [-0.2, 0) is 16.1 Å². The summed E-state index contributed by atoms with van der Waals surface area (Å²) in [5, 5.41) is 11.5. The summed E-state index contributed by atoms with van der Waals surface area (Å²) in [5.74, 6) is -0.628. The lowest BCUT2D eigenvalue weighted by Gasteiger charge is -2.21. The van der Waals surface area contributed by atoms with Gasteiger partial charge in [0.15, 0.2) is 0 Å². The van der Waals surface area contributed by atoms with Crippen LogP contribution in [0.5, 0.6) is 5.88 Å². The van der Waals surface area contributed by atoms with E-state index in [0.29, 0.717) is 12.4 Å². The summed E-state index contributed by atoms with van der Waals surface area (Å²) in [7, 11) is 1.52. The molecular formula is C14H20N2O4. The van der Waals surface area contributed by atoms with Gasteiger partial charge in [-0.3, -0.25) is 9.59 Å². The van der Waals surface area contributed by atoms with Crippen molar-refractivity contribution in [3.05, 3.63) is 23.9 Å². The number of carbonyl (C=O) groups is 2. The van der Waals surface area contributed by atoms with Gasteiger partial charge < -0.3 is 15.2 Å². The molecule has 1 amide bonds. The molecule has 0 saturated heterocycles. The average molecular weight is 280 g/mol. The number of pyridine rings is 1. The van der Waals surface area contributed by atoms with Crippen molar-refractivity contribution in [1.82, 2.24) is 10.3 Å². The molecule has 0 aromatic carbocycles. The fourth-order valence-corrected chi connectivity index (χ4v) is 1.91. The van der Waals surface area contributed by atoms with Gasteiger partial charge in [0.25, 0.3) is 0 Å². The van der Waals surface area contributed by atoms with Crippen LogP contribution in [0.25, 0.3) is 0 Å². The highest BCUT2D eigenvalue weighted by molar-refractivity contribution is 5.77. The highest BCUT2D eigenvalue weighted by Gasteiger charge is 2.25. The molecule has 1 aromatic rings. The second-order valence-corrected chi connectivity index (χ2v) is 5.36. The van der Waals surface area contributed by atoms with Gasteiger partial charge in [-0.15, -0.1) is 0 Å². The number of amides is 1. The molecule has 0 atom stereocenters. The van der Waals surface area contributed by atoms with Crippen molar-refractivity contribution in [3.8, 4) is 5.88 Å². The molecular weight excluding hydrogens is 260 g/mol. The maximum atomic E-state index is 11.8. The molecule has 1 aromatic heterocycles. The van der Waals surface area contributed by atoms with Gasteiger partial charge in [0.2, 0.25) is 11.8 Å². The number of hydrogen-bond donors (Lipinski definition) is 2. The second kappa shape index (κ2) is 6.88. The van der Waals surface area contributed by atoms with Crippen LogP contribution in [-0.4, -0.2) is 29.1 Å². The summed E-state index contributed by atoms with van der Waals surface area (Å²) in [5.41, 5.74) is 0.203. The highest BCUT2D eigenvalue weighted by Crippen LogP contribution is 2.24. The first kappa shape index (κ1) is 15.9. The van der Waals surface area contributed by atoms with Gasteiger partial charge in [0.1, 0.15) is 0 Å². The van der Waals surface area contributed by atoms with E-state index in [-0.39, 0.29) is 18.7 Å². The summed E-state index contributed by atoms with van der Waals surface area (Å²) in [6.45, 7) is 3.82. The minimum atomic E-state index is -0.906. The largest absolute Gasteiger partial charge is 0.481 e. The molecule has 2 N–H and O–H groups in total. The van der Waals surface area contributed by atoms with Crippen molar-refractivity contribution < 1.29 is 19.4 Å². The zero-order valence-corrected chi connectivity index (χ0v) is 12.0. The first-order valence-corrected chi connectivity index (χ1v) is 6.30. The molecule has 0 spiro atoms. The SMILES string of the molecule is COc1ncccc1CNC(=O)CC(C)(C)CC(=O)O. The maximum Gasteiger partial charge on any atom is 0.303 e. The molecule has 0 radical (unpaired) electrons. The first-order chi connectivity index (χ1) is 9.34. The van der Waals surface area contributed by atoms with Crippen molar-refractivity contribution in [2.24, 2.45) is 5.41 Å². The Morgan fingerprint density at radius 3 is 2.70 bits per heavy atom. The highest BCUT2D eigenvalue weighted by atomic mass is 16.5. The third-order valence-electron chi connectivity index (χ3n) is 2.79. The number of nitrogens with one attached hydrogen (secondary N) is 1. The van der Waals surface area contributed by atoms with E-state index in [1.165, 1.54) is 7.11 Å². The summed E-state index contributed by atoms with van der Waals surface area (Å²) < 4.78 is 5.09. The average Bonchev–Trinajstić information content (AvgIpc) is 2.34. The molecule has 0 fully saturated rings. The van der Waals surface area contributed by atoms with Crippen LogP contribution in [0.1, 0.15) is 32.3 Å². The third kappa shape index (κ3) is 5.26. The smallest absolute Gasteiger partial charge is 0.303 e. The van der Waals surface area contributed by atoms with Crippen LogP contribution in [0.15, 0.2) is 18.3 Å². The van der Waals surface area contributed by atoms with Gasteiger partial charge in [-0.2, -0.15) is 0 Å². The van der Waals surface area contributed by atoms with Crippen LogP contribution >= 0.6 is 0 Å². The van der Waals surface area contributed by atoms with Crippen molar-refractivity contribution >= 4 is 11.9 Å². The predicted molar refractivity (Wildman–Crippen MR) is 73.3 cm³/mol. The van der Waals surface area contributed by atoms with Crippen molar-refractivity contribution in [2.75, 3.05) is 7.11 Å². The summed E-state index contributed by atoms with van der Waals surface area (Å²) in [4.78, 5) is 26.6. The number of nitrogens with zero attached hydrogens (tertiary/aromatic N) is 1. The normalized spacial score (nSPS) is 10.9.